The molecular formula is C46H28N6O. The number of benzene rings is 7. The van der Waals surface area contributed by atoms with Gasteiger partial charge in [-0.3, -0.25) is 9.13 Å². The van der Waals surface area contributed by atoms with Crippen LogP contribution in [0.5, 0.6) is 0 Å². The maximum Gasteiger partial charge on any atom is 0.238 e. The molecule has 0 amide bonds. The van der Waals surface area contributed by atoms with E-state index in [1.807, 2.05) is 91.0 Å². The zero-order valence-corrected chi connectivity index (χ0v) is 28.3. The van der Waals surface area contributed by atoms with E-state index in [0.29, 0.717) is 17.6 Å². The van der Waals surface area contributed by atoms with Gasteiger partial charge in [0.1, 0.15) is 16.9 Å². The molecule has 11 aromatic rings. The van der Waals surface area contributed by atoms with Crippen molar-refractivity contribution >= 4 is 54.8 Å². The van der Waals surface area contributed by atoms with Crippen LogP contribution in [0.4, 0.5) is 0 Å². The Balaban J connectivity index is 1.31. The van der Waals surface area contributed by atoms with Gasteiger partial charge in [-0.1, -0.05) is 133 Å². The lowest BCUT2D eigenvalue weighted by atomic mass is 10.1. The number of nitrogens with zero attached hydrogens (tertiary/aromatic N) is 6. The summed E-state index contributed by atoms with van der Waals surface area (Å²) in [5, 5.41) is 4.07. The second-order valence-corrected chi connectivity index (χ2v) is 13.1. The van der Waals surface area contributed by atoms with Crippen LogP contribution >= 0.6 is 0 Å². The molecule has 0 aliphatic carbocycles. The summed E-state index contributed by atoms with van der Waals surface area (Å²) in [5.74, 6) is 2.53. The molecule has 0 aliphatic rings. The van der Waals surface area contributed by atoms with Gasteiger partial charge < -0.3 is 4.42 Å². The fourth-order valence-electron chi connectivity index (χ4n) is 7.63. The highest BCUT2D eigenvalue weighted by Crippen LogP contribution is 2.43. The van der Waals surface area contributed by atoms with Crippen molar-refractivity contribution in [1.82, 2.24) is 29.1 Å². The molecule has 0 N–H and O–H groups in total. The molecule has 0 saturated carbocycles. The van der Waals surface area contributed by atoms with Gasteiger partial charge in [-0.05, 0) is 36.4 Å². The smallest absolute Gasteiger partial charge is 0.238 e. The minimum atomic E-state index is 0.496. The van der Waals surface area contributed by atoms with Crippen molar-refractivity contribution in [3.05, 3.63) is 170 Å². The van der Waals surface area contributed by atoms with E-state index in [0.717, 1.165) is 83.0 Å². The Morgan fingerprint density at radius 3 is 1.66 bits per heavy atom. The highest BCUT2D eigenvalue weighted by molar-refractivity contribution is 6.26. The first-order valence-electron chi connectivity index (χ1n) is 17.6. The number of hydrogen-bond acceptors (Lipinski definition) is 5. The first kappa shape index (κ1) is 29.4. The minimum absolute atomic E-state index is 0.496. The van der Waals surface area contributed by atoms with Gasteiger partial charge in [0, 0.05) is 43.9 Å². The van der Waals surface area contributed by atoms with E-state index in [-0.39, 0.29) is 0 Å². The first-order chi connectivity index (χ1) is 26.3. The van der Waals surface area contributed by atoms with Gasteiger partial charge in [-0.15, -0.1) is 0 Å². The molecule has 11 rings (SSSR count). The Kier molecular flexibility index (Phi) is 6.42. The van der Waals surface area contributed by atoms with Crippen LogP contribution in [-0.2, 0) is 0 Å². The zero-order valence-electron chi connectivity index (χ0n) is 28.3. The highest BCUT2D eigenvalue weighted by Gasteiger charge is 2.26. The van der Waals surface area contributed by atoms with Gasteiger partial charge in [-0.2, -0.15) is 9.97 Å². The van der Waals surface area contributed by atoms with E-state index in [2.05, 4.69) is 88.0 Å². The first-order valence-corrected chi connectivity index (χ1v) is 17.6. The number of para-hydroxylation sites is 2. The van der Waals surface area contributed by atoms with E-state index in [4.69, 9.17) is 24.4 Å². The summed E-state index contributed by atoms with van der Waals surface area (Å²) in [4.78, 5) is 20.9. The number of furan rings is 1. The second kappa shape index (κ2) is 11.6. The Morgan fingerprint density at radius 2 is 0.981 bits per heavy atom. The number of aromatic nitrogens is 6. The summed E-state index contributed by atoms with van der Waals surface area (Å²) in [7, 11) is 0. The van der Waals surface area contributed by atoms with Crippen molar-refractivity contribution in [3.63, 3.8) is 0 Å². The van der Waals surface area contributed by atoms with Crippen molar-refractivity contribution in [1.29, 1.82) is 0 Å². The predicted octanol–water partition coefficient (Wildman–Crippen LogP) is 11.2. The van der Waals surface area contributed by atoms with Crippen LogP contribution in [0.25, 0.3) is 101 Å². The lowest BCUT2D eigenvalue weighted by Crippen LogP contribution is -2.06. The van der Waals surface area contributed by atoms with E-state index in [1.54, 1.807) is 0 Å². The fraction of sp³-hybridized carbons (Fsp3) is 0. The molecule has 7 nitrogen and oxygen atoms in total. The third-order valence-corrected chi connectivity index (χ3v) is 9.99. The summed E-state index contributed by atoms with van der Waals surface area (Å²) < 4.78 is 11.1. The number of fused-ring (bicyclic) bond motifs is 9. The van der Waals surface area contributed by atoms with Crippen LogP contribution in [0.3, 0.4) is 0 Å². The van der Waals surface area contributed by atoms with Gasteiger partial charge in [0.25, 0.3) is 0 Å². The largest absolute Gasteiger partial charge is 0.454 e. The lowest BCUT2D eigenvalue weighted by molar-refractivity contribution is 0.670. The molecule has 0 unspecified atom stereocenters. The summed E-state index contributed by atoms with van der Waals surface area (Å²) >= 11 is 0. The quantitative estimate of drug-likeness (QED) is 0.181. The Labute approximate surface area is 303 Å². The zero-order chi connectivity index (χ0) is 34.9. The Bertz CT molecular complexity index is 3090. The topological polar surface area (TPSA) is 74.6 Å². The van der Waals surface area contributed by atoms with Crippen LogP contribution in [0, 0.1) is 0 Å². The number of rotatable bonds is 5. The van der Waals surface area contributed by atoms with Crippen molar-refractivity contribution < 1.29 is 4.42 Å². The van der Waals surface area contributed by atoms with Crippen LogP contribution in [-0.4, -0.2) is 29.1 Å². The van der Waals surface area contributed by atoms with Crippen LogP contribution in [0.2, 0.25) is 0 Å². The molecule has 53 heavy (non-hydrogen) atoms. The average Bonchev–Trinajstić information content (AvgIpc) is 3.92. The van der Waals surface area contributed by atoms with Gasteiger partial charge in [0.05, 0.1) is 16.6 Å². The molecular weight excluding hydrogens is 653 g/mol. The normalized spacial score (nSPS) is 11.8. The third kappa shape index (κ3) is 4.54. The highest BCUT2D eigenvalue weighted by atomic mass is 16.3. The van der Waals surface area contributed by atoms with Crippen LogP contribution in [0.15, 0.2) is 174 Å². The van der Waals surface area contributed by atoms with Crippen LogP contribution < -0.4 is 0 Å². The van der Waals surface area contributed by atoms with Gasteiger partial charge in [0.15, 0.2) is 17.2 Å². The molecule has 0 radical (unpaired) electrons. The van der Waals surface area contributed by atoms with E-state index < -0.39 is 0 Å². The summed E-state index contributed by atoms with van der Waals surface area (Å²) in [5.41, 5.74) is 9.13. The molecule has 4 aromatic heterocycles. The molecule has 7 aromatic carbocycles. The molecule has 4 heterocycles. The number of imidazole rings is 1. The van der Waals surface area contributed by atoms with Crippen molar-refractivity contribution in [3.8, 4) is 45.8 Å². The molecule has 0 fully saturated rings. The Morgan fingerprint density at radius 1 is 0.415 bits per heavy atom. The van der Waals surface area contributed by atoms with Gasteiger partial charge in [0.2, 0.25) is 5.95 Å². The van der Waals surface area contributed by atoms with E-state index >= 15 is 0 Å². The van der Waals surface area contributed by atoms with Crippen molar-refractivity contribution in [2.24, 2.45) is 0 Å². The molecule has 0 bridgehead atoms. The number of hydrogen-bond donors (Lipinski definition) is 0. The fourth-order valence-corrected chi connectivity index (χ4v) is 7.63. The molecule has 0 saturated heterocycles. The summed E-state index contributed by atoms with van der Waals surface area (Å²) in [6.45, 7) is 0. The third-order valence-electron chi connectivity index (χ3n) is 9.99. The maximum absolute atomic E-state index is 6.75. The van der Waals surface area contributed by atoms with E-state index in [1.165, 1.54) is 0 Å². The van der Waals surface area contributed by atoms with Crippen molar-refractivity contribution in [2.45, 2.75) is 0 Å². The molecule has 7 heteroatoms. The molecule has 0 aliphatic heterocycles. The van der Waals surface area contributed by atoms with Gasteiger partial charge >= 0.3 is 0 Å². The minimum Gasteiger partial charge on any atom is -0.454 e. The molecule has 0 atom stereocenters. The predicted molar refractivity (Wildman–Crippen MR) is 212 cm³/mol. The standard InChI is InChI=1S/C46H28N6O/c1-5-15-29(16-6-1)43-48-44(30-17-7-2-8-18-30)50-46(49-43)52-36-27-28-37-40(47-45(31-19-9-3-10-20-31)51(37)32-21-11-4-12-22-32)39(36)35-26-25-34-33-23-13-14-24-38(33)53-42(34)41(35)52/h1-28H. The summed E-state index contributed by atoms with van der Waals surface area (Å²) in [6.07, 6.45) is 0. The second-order valence-electron chi connectivity index (χ2n) is 13.1. The van der Waals surface area contributed by atoms with Crippen molar-refractivity contribution in [2.75, 3.05) is 0 Å². The molecule has 0 spiro atoms. The van der Waals surface area contributed by atoms with Gasteiger partial charge in [-0.25, -0.2) is 9.97 Å². The Hall–Kier alpha value is -7.38. The lowest BCUT2D eigenvalue weighted by Gasteiger charge is -2.11. The average molecular weight is 681 g/mol. The molecule has 248 valence electrons. The SMILES string of the molecule is c1ccc(-c2nc(-c3ccccc3)nc(-n3c4ccc5c(nc(-c6ccccc6)n5-c5ccccc5)c4c4ccc5c6ccccc6oc5c43)n2)cc1. The van der Waals surface area contributed by atoms with E-state index in [9.17, 15) is 0 Å². The van der Waals surface area contributed by atoms with Crippen LogP contribution in [0.1, 0.15) is 0 Å². The summed E-state index contributed by atoms with van der Waals surface area (Å²) in [6, 6.07) is 57.8. The monoisotopic (exact) mass is 680 g/mol. The maximum atomic E-state index is 6.75.